The molecule has 0 aromatic carbocycles. The van der Waals surface area contributed by atoms with Crippen LogP contribution in [0.2, 0.25) is 0 Å². The van der Waals surface area contributed by atoms with Gasteiger partial charge >= 0.3 is 11.4 Å². The van der Waals surface area contributed by atoms with Crippen LogP contribution in [0.4, 0.5) is 5.95 Å². The first-order valence-corrected chi connectivity index (χ1v) is 3.94. The first-order chi connectivity index (χ1) is 5.22. The summed E-state index contributed by atoms with van der Waals surface area (Å²) < 4.78 is 2.62. The van der Waals surface area contributed by atoms with E-state index in [1.54, 1.807) is 6.26 Å². The maximum absolute atomic E-state index is 10.6. The summed E-state index contributed by atoms with van der Waals surface area (Å²) in [5, 5.41) is 0. The van der Waals surface area contributed by atoms with Crippen LogP contribution in [-0.2, 0) is 0 Å². The molecule has 0 unspecified atom stereocenters. The van der Waals surface area contributed by atoms with Crippen LogP contribution in [0.1, 0.15) is 0 Å². The highest BCUT2D eigenvalue weighted by Gasteiger charge is 1.94. The average molecular weight is 174 g/mol. The number of hydrogen-bond donors (Lipinski definition) is 3. The van der Waals surface area contributed by atoms with E-state index in [-0.39, 0.29) is 5.95 Å². The van der Waals surface area contributed by atoms with E-state index in [1.807, 2.05) is 4.98 Å². The molecule has 1 aromatic rings. The van der Waals surface area contributed by atoms with Crippen LogP contribution in [0.5, 0.6) is 0 Å². The lowest BCUT2D eigenvalue weighted by Gasteiger charge is -1.96. The SMILES string of the molecule is CSNc1nc(=O)[nH]c(=O)[nH]1. The molecule has 0 saturated heterocycles. The molecule has 1 rings (SSSR count). The van der Waals surface area contributed by atoms with Crippen LogP contribution < -0.4 is 16.1 Å². The molecular weight excluding hydrogens is 168 g/mol. The van der Waals surface area contributed by atoms with Gasteiger partial charge in [-0.05, 0) is 0 Å². The minimum absolute atomic E-state index is 0.159. The average Bonchev–Trinajstić information content (AvgIpc) is 1.85. The van der Waals surface area contributed by atoms with Gasteiger partial charge in [0.15, 0.2) is 0 Å². The number of nitrogens with one attached hydrogen (secondary N) is 3. The molecule has 0 aliphatic rings. The smallest absolute Gasteiger partial charge is 0.300 e. The fourth-order valence-corrected chi connectivity index (χ4v) is 0.828. The Morgan fingerprint density at radius 3 is 2.73 bits per heavy atom. The number of H-pyrrole nitrogens is 2. The summed E-state index contributed by atoms with van der Waals surface area (Å²) in [5.74, 6) is 0.159. The lowest BCUT2D eigenvalue weighted by atomic mass is 10.9. The molecule has 6 nitrogen and oxygen atoms in total. The van der Waals surface area contributed by atoms with Gasteiger partial charge in [0.1, 0.15) is 0 Å². The van der Waals surface area contributed by atoms with Gasteiger partial charge in [0.25, 0.3) is 0 Å². The third-order valence-electron chi connectivity index (χ3n) is 0.864. The molecule has 0 aliphatic heterocycles. The van der Waals surface area contributed by atoms with Gasteiger partial charge in [0.2, 0.25) is 5.95 Å². The van der Waals surface area contributed by atoms with E-state index in [1.165, 1.54) is 11.9 Å². The van der Waals surface area contributed by atoms with Crippen LogP contribution in [0.3, 0.4) is 0 Å². The minimum atomic E-state index is -0.662. The summed E-state index contributed by atoms with van der Waals surface area (Å²) in [6, 6.07) is 0. The van der Waals surface area contributed by atoms with E-state index >= 15 is 0 Å². The first kappa shape index (κ1) is 7.86. The Balaban J connectivity index is 3.09. The molecule has 1 heterocycles. The number of hydrogen-bond acceptors (Lipinski definition) is 5. The third-order valence-corrected chi connectivity index (χ3v) is 1.26. The normalized spacial score (nSPS) is 9.55. The predicted octanol–water partition coefficient (Wildman–Crippen LogP) is -0.852. The van der Waals surface area contributed by atoms with E-state index in [4.69, 9.17) is 0 Å². The standard InChI is InChI=1S/C4H6N4O2S/c1-11-8-2-5-3(9)7-4(10)6-2/h1H3,(H3,5,6,7,8,9,10). The number of aromatic nitrogens is 3. The van der Waals surface area contributed by atoms with Gasteiger partial charge in [0, 0.05) is 6.26 Å². The van der Waals surface area contributed by atoms with Gasteiger partial charge in [-0.25, -0.2) is 9.59 Å². The van der Waals surface area contributed by atoms with Crippen molar-refractivity contribution in [3.05, 3.63) is 21.0 Å². The fraction of sp³-hybridized carbons (Fsp3) is 0.250. The van der Waals surface area contributed by atoms with Crippen molar-refractivity contribution in [2.45, 2.75) is 0 Å². The summed E-state index contributed by atoms with van der Waals surface area (Å²) in [5.41, 5.74) is -1.23. The molecule has 0 fully saturated rings. The maximum Gasteiger partial charge on any atom is 0.352 e. The van der Waals surface area contributed by atoms with Gasteiger partial charge < -0.3 is 0 Å². The van der Waals surface area contributed by atoms with Gasteiger partial charge in [0.05, 0.1) is 0 Å². The van der Waals surface area contributed by atoms with Crippen molar-refractivity contribution in [3.8, 4) is 0 Å². The van der Waals surface area contributed by atoms with Crippen molar-refractivity contribution in [2.75, 3.05) is 11.0 Å². The monoisotopic (exact) mass is 174 g/mol. The Hall–Kier alpha value is -1.24. The molecule has 7 heteroatoms. The van der Waals surface area contributed by atoms with Crippen LogP contribution in [0.25, 0.3) is 0 Å². The van der Waals surface area contributed by atoms with Gasteiger partial charge in [-0.3, -0.25) is 14.7 Å². The number of aromatic amines is 2. The van der Waals surface area contributed by atoms with E-state index in [0.717, 1.165) is 0 Å². The lowest BCUT2D eigenvalue weighted by Crippen LogP contribution is -2.25. The van der Waals surface area contributed by atoms with Crippen molar-refractivity contribution < 1.29 is 0 Å². The van der Waals surface area contributed by atoms with Gasteiger partial charge in [-0.1, -0.05) is 11.9 Å². The molecule has 0 saturated carbocycles. The van der Waals surface area contributed by atoms with E-state index in [0.29, 0.717) is 0 Å². The van der Waals surface area contributed by atoms with Crippen LogP contribution in [0.15, 0.2) is 9.59 Å². The summed E-state index contributed by atoms with van der Waals surface area (Å²) in [6.45, 7) is 0. The Kier molecular flexibility index (Phi) is 2.32. The number of anilines is 1. The molecule has 60 valence electrons. The summed E-state index contributed by atoms with van der Waals surface area (Å²) in [4.78, 5) is 28.8. The Labute approximate surface area is 65.6 Å². The van der Waals surface area contributed by atoms with E-state index in [9.17, 15) is 9.59 Å². The van der Waals surface area contributed by atoms with E-state index in [2.05, 4.69) is 14.7 Å². The summed E-state index contributed by atoms with van der Waals surface area (Å²) in [6.07, 6.45) is 1.75. The van der Waals surface area contributed by atoms with Crippen LogP contribution >= 0.6 is 11.9 Å². The second kappa shape index (κ2) is 3.24. The Bertz CT molecular complexity index is 314. The second-order valence-electron chi connectivity index (χ2n) is 1.65. The van der Waals surface area contributed by atoms with Crippen molar-refractivity contribution in [1.29, 1.82) is 0 Å². The fourth-order valence-electron chi connectivity index (χ4n) is 0.538. The Morgan fingerprint density at radius 2 is 2.18 bits per heavy atom. The van der Waals surface area contributed by atoms with Crippen molar-refractivity contribution in [1.82, 2.24) is 15.0 Å². The summed E-state index contributed by atoms with van der Waals surface area (Å²) in [7, 11) is 0. The zero-order chi connectivity index (χ0) is 8.27. The van der Waals surface area contributed by atoms with Crippen LogP contribution in [-0.4, -0.2) is 21.2 Å². The maximum atomic E-state index is 10.6. The van der Waals surface area contributed by atoms with E-state index < -0.39 is 11.4 Å². The zero-order valence-corrected chi connectivity index (χ0v) is 6.49. The quantitative estimate of drug-likeness (QED) is 0.508. The largest absolute Gasteiger partial charge is 0.352 e. The van der Waals surface area contributed by atoms with Crippen LogP contribution in [0, 0.1) is 0 Å². The molecule has 1 aromatic heterocycles. The van der Waals surface area contributed by atoms with Crippen molar-refractivity contribution >= 4 is 17.9 Å². The molecule has 3 N–H and O–H groups in total. The molecule has 0 bridgehead atoms. The lowest BCUT2D eigenvalue weighted by molar-refractivity contribution is 0.948. The molecule has 0 atom stereocenters. The highest BCUT2D eigenvalue weighted by Crippen LogP contribution is 1.95. The van der Waals surface area contributed by atoms with Gasteiger partial charge in [-0.15, -0.1) is 0 Å². The highest BCUT2D eigenvalue weighted by molar-refractivity contribution is 7.99. The highest BCUT2D eigenvalue weighted by atomic mass is 32.2. The first-order valence-electron chi connectivity index (χ1n) is 2.72. The molecule has 0 radical (unpaired) electrons. The molecule has 11 heavy (non-hydrogen) atoms. The third kappa shape index (κ3) is 2.11. The molecule has 0 aliphatic carbocycles. The summed E-state index contributed by atoms with van der Waals surface area (Å²) >= 11 is 1.24. The van der Waals surface area contributed by atoms with Crippen molar-refractivity contribution in [3.63, 3.8) is 0 Å². The second-order valence-corrected chi connectivity index (χ2v) is 2.26. The van der Waals surface area contributed by atoms with Crippen molar-refractivity contribution in [2.24, 2.45) is 0 Å². The minimum Gasteiger partial charge on any atom is -0.300 e. The molecule has 0 spiro atoms. The number of rotatable bonds is 2. The molecule has 0 amide bonds. The molecular formula is C4H6N4O2S. The predicted molar refractivity (Wildman–Crippen MR) is 42.6 cm³/mol. The number of nitrogens with zero attached hydrogens (tertiary/aromatic N) is 1. The topological polar surface area (TPSA) is 90.6 Å². The Morgan fingerprint density at radius 1 is 1.45 bits per heavy atom. The van der Waals surface area contributed by atoms with Gasteiger partial charge in [-0.2, -0.15) is 4.98 Å². The zero-order valence-electron chi connectivity index (χ0n) is 5.67.